The van der Waals surface area contributed by atoms with Gasteiger partial charge < -0.3 is 26.0 Å². The summed E-state index contributed by atoms with van der Waals surface area (Å²) in [6.07, 6.45) is 3.17. The van der Waals surface area contributed by atoms with Crippen LogP contribution in [0.1, 0.15) is 39.0 Å². The maximum atomic E-state index is 14.5. The van der Waals surface area contributed by atoms with Gasteiger partial charge in [-0.25, -0.2) is 0 Å². The van der Waals surface area contributed by atoms with Gasteiger partial charge in [0.05, 0.1) is 13.0 Å². The third-order valence-electron chi connectivity index (χ3n) is 10.2. The minimum Gasteiger partial charge on any atom is -0.481 e. The Morgan fingerprint density at radius 1 is 0.741 bits per heavy atom. The Morgan fingerprint density at radius 3 is 2.26 bits per heavy atom. The average Bonchev–Trinajstić information content (AvgIpc) is 3.30. The van der Waals surface area contributed by atoms with E-state index in [1.807, 2.05) is 89.8 Å². The second-order valence-electron chi connectivity index (χ2n) is 13.6. The second kappa shape index (κ2) is 14.7. The van der Waals surface area contributed by atoms with Crippen molar-refractivity contribution in [1.29, 1.82) is 0 Å². The van der Waals surface area contributed by atoms with E-state index in [2.05, 4.69) is 47.8 Å². The molecule has 2 amide bonds. The molecule has 0 saturated heterocycles. The summed E-state index contributed by atoms with van der Waals surface area (Å²) in [7, 11) is 0. The topological polar surface area (TPSA) is 116 Å². The number of carboxylic acids is 1. The SMILES string of the molecule is NCc1ccccc1C(=O)Nc1ccc2c(c1)CN(C=Cc1ccccc1)C(=O)C(CC(=O)O)N2Cc1cccc2c1ccc1c3ccccc3ccc21. The molecule has 1 heterocycles. The van der Waals surface area contributed by atoms with E-state index in [-0.39, 0.29) is 31.4 Å². The maximum Gasteiger partial charge on any atom is 0.305 e. The number of carboxylic acid groups (broad SMARTS) is 1. The Bertz CT molecular complexity index is 2600. The predicted molar refractivity (Wildman–Crippen MR) is 216 cm³/mol. The molecule has 8 nitrogen and oxygen atoms in total. The molecule has 1 aliphatic heterocycles. The Labute approximate surface area is 312 Å². The highest BCUT2D eigenvalue weighted by Gasteiger charge is 2.36. The summed E-state index contributed by atoms with van der Waals surface area (Å²) >= 11 is 0. The number of nitrogens with one attached hydrogen (secondary N) is 1. The summed E-state index contributed by atoms with van der Waals surface area (Å²) in [5.74, 6) is -1.70. The van der Waals surface area contributed by atoms with Crippen molar-refractivity contribution in [1.82, 2.24) is 4.90 Å². The van der Waals surface area contributed by atoms with Crippen molar-refractivity contribution in [2.24, 2.45) is 5.73 Å². The Hall–Kier alpha value is -6.77. The van der Waals surface area contributed by atoms with Crippen LogP contribution < -0.4 is 16.0 Å². The highest BCUT2D eigenvalue weighted by Crippen LogP contribution is 2.37. The molecule has 7 aromatic carbocycles. The van der Waals surface area contributed by atoms with Crippen LogP contribution in [0.2, 0.25) is 0 Å². The van der Waals surface area contributed by atoms with E-state index >= 15 is 0 Å². The fraction of sp³-hybridized carbons (Fsp3) is 0.109. The molecule has 1 unspecified atom stereocenters. The quantitative estimate of drug-likeness (QED) is 0.129. The second-order valence-corrected chi connectivity index (χ2v) is 13.6. The first-order valence-electron chi connectivity index (χ1n) is 17.9. The van der Waals surface area contributed by atoms with Crippen LogP contribution in [0, 0.1) is 0 Å². The predicted octanol–water partition coefficient (Wildman–Crippen LogP) is 8.72. The summed E-state index contributed by atoms with van der Waals surface area (Å²) in [6.45, 7) is 0.665. The summed E-state index contributed by atoms with van der Waals surface area (Å²) in [5, 5.41) is 19.9. The number of benzene rings is 7. The van der Waals surface area contributed by atoms with E-state index in [0.717, 1.165) is 43.8 Å². The Morgan fingerprint density at radius 2 is 1.43 bits per heavy atom. The van der Waals surface area contributed by atoms with Crippen LogP contribution in [-0.2, 0) is 29.2 Å². The third-order valence-corrected chi connectivity index (χ3v) is 10.2. The van der Waals surface area contributed by atoms with Gasteiger partial charge in [0.15, 0.2) is 0 Å². The normalized spacial score (nSPS) is 14.5. The van der Waals surface area contributed by atoms with Gasteiger partial charge in [0.25, 0.3) is 5.91 Å². The lowest BCUT2D eigenvalue weighted by Gasteiger charge is -2.32. The molecule has 1 aliphatic rings. The molecule has 54 heavy (non-hydrogen) atoms. The largest absolute Gasteiger partial charge is 0.481 e. The number of rotatable bonds is 9. The van der Waals surface area contributed by atoms with E-state index < -0.39 is 18.4 Å². The van der Waals surface area contributed by atoms with Gasteiger partial charge in [-0.2, -0.15) is 0 Å². The van der Waals surface area contributed by atoms with E-state index in [9.17, 15) is 19.5 Å². The molecule has 4 N–H and O–H groups in total. The van der Waals surface area contributed by atoms with Crippen molar-refractivity contribution in [3.05, 3.63) is 174 Å². The van der Waals surface area contributed by atoms with Crippen molar-refractivity contribution < 1.29 is 19.5 Å². The van der Waals surface area contributed by atoms with Crippen LogP contribution in [0.15, 0.2) is 146 Å². The van der Waals surface area contributed by atoms with E-state index in [4.69, 9.17) is 5.73 Å². The molecule has 8 rings (SSSR count). The zero-order chi connectivity index (χ0) is 37.2. The number of nitrogens with zero attached hydrogens (tertiary/aromatic N) is 2. The first-order chi connectivity index (χ1) is 26.4. The number of hydrogen-bond acceptors (Lipinski definition) is 5. The van der Waals surface area contributed by atoms with E-state index in [1.165, 1.54) is 10.8 Å². The molecular formula is C46H38N4O4. The molecule has 0 radical (unpaired) electrons. The number of amides is 2. The Balaban J connectivity index is 1.23. The molecule has 0 fully saturated rings. The average molecular weight is 711 g/mol. The standard InChI is InChI=1S/C46H38N4O4/c47-27-32-12-5-7-15-38(32)45(53)48-35-18-22-42-34(25-35)28-49(24-23-30-9-2-1-3-10-30)46(54)43(26-44(51)52)50(42)29-33-13-8-16-39-37(33)20-21-40-36-14-6-4-11-31(36)17-19-41(39)40/h1-25,43H,26-29,47H2,(H,48,53)(H,51,52). The van der Waals surface area contributed by atoms with Crippen molar-refractivity contribution in [2.45, 2.75) is 32.1 Å². The Kier molecular flexibility index (Phi) is 9.34. The van der Waals surface area contributed by atoms with Crippen LogP contribution in [0.25, 0.3) is 38.4 Å². The minimum atomic E-state index is -1.08. The van der Waals surface area contributed by atoms with E-state index in [0.29, 0.717) is 16.9 Å². The number of carbonyl (C=O) groups is 3. The van der Waals surface area contributed by atoms with Crippen molar-refractivity contribution in [3.63, 3.8) is 0 Å². The zero-order valence-electron chi connectivity index (χ0n) is 29.5. The van der Waals surface area contributed by atoms with Gasteiger partial charge in [-0.1, -0.05) is 115 Å². The number of aliphatic carboxylic acids is 1. The summed E-state index contributed by atoms with van der Waals surface area (Å²) < 4.78 is 0. The first kappa shape index (κ1) is 34.3. The minimum absolute atomic E-state index is 0.167. The van der Waals surface area contributed by atoms with Crippen LogP contribution in [0.3, 0.4) is 0 Å². The smallest absolute Gasteiger partial charge is 0.305 e. The van der Waals surface area contributed by atoms with Gasteiger partial charge in [0.1, 0.15) is 6.04 Å². The van der Waals surface area contributed by atoms with E-state index in [1.54, 1.807) is 29.3 Å². The molecule has 0 bridgehead atoms. The molecule has 7 aromatic rings. The van der Waals surface area contributed by atoms with Gasteiger partial charge in [0, 0.05) is 36.2 Å². The van der Waals surface area contributed by atoms with Crippen molar-refractivity contribution >= 4 is 67.6 Å². The first-order valence-corrected chi connectivity index (χ1v) is 17.9. The van der Waals surface area contributed by atoms with Gasteiger partial charge in [-0.3, -0.25) is 14.4 Å². The molecular weight excluding hydrogens is 673 g/mol. The third kappa shape index (κ3) is 6.66. The number of anilines is 2. The number of carbonyl (C=O) groups excluding carboxylic acids is 2. The zero-order valence-corrected chi connectivity index (χ0v) is 29.5. The molecule has 0 spiro atoms. The fourth-order valence-corrected chi connectivity index (χ4v) is 7.61. The maximum absolute atomic E-state index is 14.5. The lowest BCUT2D eigenvalue weighted by Crippen LogP contribution is -2.46. The number of fused-ring (bicyclic) bond motifs is 6. The molecule has 266 valence electrons. The van der Waals surface area contributed by atoms with Gasteiger partial charge in [0.2, 0.25) is 5.91 Å². The highest BCUT2D eigenvalue weighted by molar-refractivity contribution is 6.17. The summed E-state index contributed by atoms with van der Waals surface area (Å²) in [4.78, 5) is 44.0. The molecule has 8 heteroatoms. The lowest BCUT2D eigenvalue weighted by molar-refractivity contribution is -0.141. The lowest BCUT2D eigenvalue weighted by atomic mass is 9.94. The number of hydrogen-bond donors (Lipinski definition) is 3. The van der Waals surface area contributed by atoms with Crippen molar-refractivity contribution in [3.8, 4) is 0 Å². The monoisotopic (exact) mass is 710 g/mol. The van der Waals surface area contributed by atoms with Crippen LogP contribution >= 0.6 is 0 Å². The fourth-order valence-electron chi connectivity index (χ4n) is 7.61. The van der Waals surface area contributed by atoms with Gasteiger partial charge in [-0.05, 0) is 84.9 Å². The molecule has 0 saturated carbocycles. The van der Waals surface area contributed by atoms with Gasteiger partial charge in [-0.15, -0.1) is 0 Å². The van der Waals surface area contributed by atoms with Crippen LogP contribution in [0.5, 0.6) is 0 Å². The number of nitrogens with two attached hydrogens (primary N) is 1. The van der Waals surface area contributed by atoms with Gasteiger partial charge >= 0.3 is 5.97 Å². The highest BCUT2D eigenvalue weighted by atomic mass is 16.4. The van der Waals surface area contributed by atoms with Crippen LogP contribution in [0.4, 0.5) is 11.4 Å². The molecule has 0 aromatic heterocycles. The molecule has 1 atom stereocenters. The van der Waals surface area contributed by atoms with Crippen molar-refractivity contribution in [2.75, 3.05) is 10.2 Å². The van der Waals surface area contributed by atoms with Crippen LogP contribution in [-0.4, -0.2) is 33.8 Å². The summed E-state index contributed by atoms with van der Waals surface area (Å²) in [5.41, 5.74) is 11.0. The molecule has 0 aliphatic carbocycles. The summed E-state index contributed by atoms with van der Waals surface area (Å²) in [6, 6.07) is 44.4.